The summed E-state index contributed by atoms with van der Waals surface area (Å²) in [6.07, 6.45) is 0. The molecule has 21 heavy (non-hydrogen) atoms. The van der Waals surface area contributed by atoms with Crippen molar-refractivity contribution in [2.24, 2.45) is 0 Å². The highest BCUT2D eigenvalue weighted by molar-refractivity contribution is 6.29. The Labute approximate surface area is 131 Å². The third-order valence-electron chi connectivity index (χ3n) is 3.29. The first-order chi connectivity index (χ1) is 9.72. The number of aromatic nitrogens is 2. The molecule has 0 aliphatic heterocycles. The molecule has 1 aromatic heterocycles. The van der Waals surface area contributed by atoms with Gasteiger partial charge >= 0.3 is 0 Å². The van der Waals surface area contributed by atoms with Crippen LogP contribution in [-0.4, -0.2) is 17.1 Å². The van der Waals surface area contributed by atoms with Crippen molar-refractivity contribution in [3.8, 4) is 17.0 Å². The largest absolute Gasteiger partial charge is 0.496 e. The van der Waals surface area contributed by atoms with Crippen LogP contribution in [0.3, 0.4) is 0 Å². The summed E-state index contributed by atoms with van der Waals surface area (Å²) in [5, 5.41) is 0.451. The van der Waals surface area contributed by atoms with E-state index in [9.17, 15) is 0 Å². The maximum absolute atomic E-state index is 6.19. The number of aryl methyl sites for hydroxylation is 2. The van der Waals surface area contributed by atoms with E-state index in [0.717, 1.165) is 34.0 Å². The second kappa shape index (κ2) is 5.64. The fourth-order valence-electron chi connectivity index (χ4n) is 2.30. The Morgan fingerprint density at radius 2 is 1.71 bits per heavy atom. The molecule has 0 aliphatic carbocycles. The van der Waals surface area contributed by atoms with Gasteiger partial charge in [0.25, 0.3) is 0 Å². The third-order valence-corrected chi connectivity index (χ3v) is 3.48. The lowest BCUT2D eigenvalue weighted by Gasteiger charge is -2.19. The number of benzene rings is 1. The lowest BCUT2D eigenvalue weighted by atomic mass is 9.95. The molecule has 0 saturated heterocycles. The predicted molar refractivity (Wildman–Crippen MR) is 87.2 cm³/mol. The van der Waals surface area contributed by atoms with Gasteiger partial charge in [-0.2, -0.15) is 0 Å². The van der Waals surface area contributed by atoms with Crippen molar-refractivity contribution in [1.29, 1.82) is 0 Å². The summed E-state index contributed by atoms with van der Waals surface area (Å²) in [6.45, 7) is 10.3. The smallest absolute Gasteiger partial charge is 0.136 e. The van der Waals surface area contributed by atoms with E-state index in [-0.39, 0.29) is 5.41 Å². The Morgan fingerprint density at radius 3 is 2.29 bits per heavy atom. The van der Waals surface area contributed by atoms with Crippen LogP contribution in [0.4, 0.5) is 0 Å². The van der Waals surface area contributed by atoms with Gasteiger partial charge in [0.05, 0.1) is 12.8 Å². The molecule has 1 heterocycles. The van der Waals surface area contributed by atoms with Crippen LogP contribution in [0.1, 0.15) is 37.7 Å². The summed E-state index contributed by atoms with van der Waals surface area (Å²) in [5.74, 6) is 1.54. The zero-order chi connectivity index (χ0) is 15.8. The molecule has 0 amide bonds. The molecule has 4 heteroatoms. The van der Waals surface area contributed by atoms with Crippen LogP contribution in [0, 0.1) is 13.8 Å². The minimum absolute atomic E-state index is 0.161. The molecule has 0 N–H and O–H groups in total. The van der Waals surface area contributed by atoms with Gasteiger partial charge in [-0.3, -0.25) is 0 Å². The van der Waals surface area contributed by atoms with Crippen molar-refractivity contribution in [2.45, 2.75) is 40.0 Å². The maximum Gasteiger partial charge on any atom is 0.136 e. The van der Waals surface area contributed by atoms with E-state index in [1.165, 1.54) is 0 Å². The summed E-state index contributed by atoms with van der Waals surface area (Å²) in [4.78, 5) is 9.05. The van der Waals surface area contributed by atoms with E-state index < -0.39 is 0 Å². The highest BCUT2D eigenvalue weighted by Gasteiger charge is 2.21. The summed E-state index contributed by atoms with van der Waals surface area (Å²) < 4.78 is 5.52. The second-order valence-corrected chi connectivity index (χ2v) is 6.70. The van der Waals surface area contributed by atoms with Crippen molar-refractivity contribution < 1.29 is 4.74 Å². The summed E-state index contributed by atoms with van der Waals surface area (Å²) in [5.41, 5.74) is 3.88. The van der Waals surface area contributed by atoms with Crippen LogP contribution in [0.5, 0.6) is 5.75 Å². The number of methoxy groups -OCH3 is 1. The fraction of sp³-hybridized carbons (Fsp3) is 0.412. The minimum Gasteiger partial charge on any atom is -0.496 e. The average Bonchev–Trinajstić information content (AvgIpc) is 2.35. The molecule has 3 nitrogen and oxygen atoms in total. The van der Waals surface area contributed by atoms with E-state index >= 15 is 0 Å². The topological polar surface area (TPSA) is 35.0 Å². The average molecular weight is 305 g/mol. The van der Waals surface area contributed by atoms with Gasteiger partial charge in [-0.1, -0.05) is 38.4 Å². The monoisotopic (exact) mass is 304 g/mol. The van der Waals surface area contributed by atoms with Crippen LogP contribution in [0.2, 0.25) is 5.15 Å². The van der Waals surface area contributed by atoms with Crippen molar-refractivity contribution in [2.75, 3.05) is 7.11 Å². The predicted octanol–water partition coefficient (Wildman–Crippen LogP) is 4.72. The molecule has 0 unspecified atom stereocenters. The van der Waals surface area contributed by atoms with Gasteiger partial charge in [0.1, 0.15) is 16.7 Å². The first-order valence-electron chi connectivity index (χ1n) is 6.93. The van der Waals surface area contributed by atoms with E-state index in [1.807, 2.05) is 13.0 Å². The standard InChI is InChI=1S/C17H21ClN2O/c1-10-7-11(2)15(13(8-10)21-6)12-9-14(18)20-16(19-12)17(3,4)5/h7-9H,1-6H3. The normalized spacial score (nSPS) is 11.6. The molecule has 0 saturated carbocycles. The molecule has 0 bridgehead atoms. The highest BCUT2D eigenvalue weighted by Crippen LogP contribution is 2.35. The number of hydrogen-bond acceptors (Lipinski definition) is 3. The molecule has 0 radical (unpaired) electrons. The van der Waals surface area contributed by atoms with Crippen molar-refractivity contribution in [1.82, 2.24) is 9.97 Å². The van der Waals surface area contributed by atoms with Crippen LogP contribution < -0.4 is 4.74 Å². The van der Waals surface area contributed by atoms with Crippen molar-refractivity contribution in [3.05, 3.63) is 40.3 Å². The molecular weight excluding hydrogens is 284 g/mol. The molecule has 0 atom stereocenters. The number of hydrogen-bond donors (Lipinski definition) is 0. The third kappa shape index (κ3) is 3.35. The van der Waals surface area contributed by atoms with Gasteiger partial charge in [0, 0.05) is 17.0 Å². The Bertz CT molecular complexity index is 675. The lowest BCUT2D eigenvalue weighted by molar-refractivity contribution is 0.415. The van der Waals surface area contributed by atoms with Gasteiger partial charge < -0.3 is 4.74 Å². The van der Waals surface area contributed by atoms with Crippen LogP contribution in [0.15, 0.2) is 18.2 Å². The Balaban J connectivity index is 2.70. The molecule has 0 fully saturated rings. The highest BCUT2D eigenvalue weighted by atomic mass is 35.5. The van der Waals surface area contributed by atoms with E-state index in [4.69, 9.17) is 21.3 Å². The second-order valence-electron chi connectivity index (χ2n) is 6.31. The first-order valence-corrected chi connectivity index (χ1v) is 7.31. The number of halogens is 1. The number of rotatable bonds is 2. The van der Waals surface area contributed by atoms with Gasteiger partial charge in [0.2, 0.25) is 0 Å². The van der Waals surface area contributed by atoms with E-state index in [0.29, 0.717) is 5.15 Å². The minimum atomic E-state index is -0.161. The fourth-order valence-corrected chi connectivity index (χ4v) is 2.48. The summed E-state index contributed by atoms with van der Waals surface area (Å²) in [6, 6.07) is 5.91. The van der Waals surface area contributed by atoms with Crippen LogP contribution >= 0.6 is 11.6 Å². The zero-order valence-electron chi connectivity index (χ0n) is 13.4. The Morgan fingerprint density at radius 1 is 1.05 bits per heavy atom. The molecule has 2 rings (SSSR count). The van der Waals surface area contributed by atoms with Gasteiger partial charge in [-0.25, -0.2) is 9.97 Å². The molecule has 1 aromatic carbocycles. The van der Waals surface area contributed by atoms with Crippen LogP contribution in [0.25, 0.3) is 11.3 Å². The number of ether oxygens (including phenoxy) is 1. The molecule has 0 aliphatic rings. The van der Waals surface area contributed by atoms with Gasteiger partial charge in [-0.15, -0.1) is 0 Å². The van der Waals surface area contributed by atoms with E-state index in [2.05, 4.69) is 38.7 Å². The van der Waals surface area contributed by atoms with Gasteiger partial charge in [-0.05, 0) is 31.0 Å². The quantitative estimate of drug-likeness (QED) is 0.753. The zero-order valence-corrected chi connectivity index (χ0v) is 14.2. The SMILES string of the molecule is COc1cc(C)cc(C)c1-c1cc(Cl)nc(C(C)(C)C)n1. The Hall–Kier alpha value is -1.61. The van der Waals surface area contributed by atoms with Gasteiger partial charge in [0.15, 0.2) is 0 Å². The number of nitrogens with zero attached hydrogens (tertiary/aromatic N) is 2. The molecular formula is C17H21ClN2O. The molecule has 112 valence electrons. The lowest BCUT2D eigenvalue weighted by Crippen LogP contribution is -2.16. The van der Waals surface area contributed by atoms with Crippen molar-refractivity contribution >= 4 is 11.6 Å². The van der Waals surface area contributed by atoms with E-state index in [1.54, 1.807) is 13.2 Å². The molecule has 2 aromatic rings. The maximum atomic E-state index is 6.19. The Kier molecular flexibility index (Phi) is 4.24. The van der Waals surface area contributed by atoms with Crippen molar-refractivity contribution in [3.63, 3.8) is 0 Å². The molecule has 0 spiro atoms. The summed E-state index contributed by atoms with van der Waals surface area (Å²) in [7, 11) is 1.67. The summed E-state index contributed by atoms with van der Waals surface area (Å²) >= 11 is 6.19. The first kappa shape index (κ1) is 15.8. The van der Waals surface area contributed by atoms with Crippen LogP contribution in [-0.2, 0) is 5.41 Å².